The summed E-state index contributed by atoms with van der Waals surface area (Å²) in [5.41, 5.74) is 0.589. The number of nitrogens with zero attached hydrogens (tertiary/aromatic N) is 2. The van der Waals surface area contributed by atoms with Crippen molar-refractivity contribution in [3.05, 3.63) is 48.3 Å². The number of carbonyl (C=O) groups is 1. The first-order chi connectivity index (χ1) is 11.0. The largest absolute Gasteiger partial charge is 0.372 e. The number of carbonyl (C=O) groups excluding carboxylic acids is 1. The van der Waals surface area contributed by atoms with Gasteiger partial charge in [0.25, 0.3) is 0 Å². The number of rotatable bonds is 6. The van der Waals surface area contributed by atoms with E-state index in [9.17, 15) is 9.18 Å². The molecule has 0 spiro atoms. The van der Waals surface area contributed by atoms with Gasteiger partial charge in [0.05, 0.1) is 18.8 Å². The van der Waals surface area contributed by atoms with E-state index < -0.39 is 0 Å². The van der Waals surface area contributed by atoms with Gasteiger partial charge in [-0.05, 0) is 19.9 Å². The highest BCUT2D eigenvalue weighted by atomic mass is 19.1. The number of ether oxygens (including phenoxy) is 1. The van der Waals surface area contributed by atoms with Crippen molar-refractivity contribution in [1.29, 1.82) is 0 Å². The smallest absolute Gasteiger partial charge is 0.236 e. The van der Waals surface area contributed by atoms with E-state index in [4.69, 9.17) is 4.74 Å². The lowest BCUT2D eigenvalue weighted by Crippen LogP contribution is -2.51. The second-order valence-corrected chi connectivity index (χ2v) is 6.11. The molecule has 0 aromatic heterocycles. The molecule has 0 radical (unpaired) electrons. The maximum absolute atomic E-state index is 13.8. The lowest BCUT2D eigenvalue weighted by Gasteiger charge is -2.36. The van der Waals surface area contributed by atoms with Crippen molar-refractivity contribution < 1.29 is 13.9 Å². The summed E-state index contributed by atoms with van der Waals surface area (Å²) in [7, 11) is 0. The quantitative estimate of drug-likeness (QED) is 0.755. The summed E-state index contributed by atoms with van der Waals surface area (Å²) >= 11 is 0. The Morgan fingerprint density at radius 2 is 2.04 bits per heavy atom. The van der Waals surface area contributed by atoms with Gasteiger partial charge in [0.2, 0.25) is 5.91 Å². The Morgan fingerprint density at radius 1 is 1.39 bits per heavy atom. The molecule has 0 aliphatic carbocycles. The molecule has 5 heteroatoms. The highest BCUT2D eigenvalue weighted by molar-refractivity contribution is 5.78. The molecular weight excluding hydrogens is 295 g/mol. The van der Waals surface area contributed by atoms with Crippen molar-refractivity contribution in [2.24, 2.45) is 0 Å². The summed E-state index contributed by atoms with van der Waals surface area (Å²) in [6, 6.07) is 6.65. The Morgan fingerprint density at radius 3 is 2.65 bits per heavy atom. The summed E-state index contributed by atoms with van der Waals surface area (Å²) < 4.78 is 19.5. The predicted molar refractivity (Wildman–Crippen MR) is 88.5 cm³/mol. The van der Waals surface area contributed by atoms with Gasteiger partial charge in [-0.15, -0.1) is 6.58 Å². The SMILES string of the molecule is C=CCN(CC(=O)N1CC(C)OC(C)C1)Cc1ccccc1F. The van der Waals surface area contributed by atoms with Crippen LogP contribution in [0.3, 0.4) is 0 Å². The molecule has 1 aromatic rings. The molecule has 1 fully saturated rings. The molecule has 1 aliphatic heterocycles. The van der Waals surface area contributed by atoms with Gasteiger partial charge in [-0.2, -0.15) is 0 Å². The average molecular weight is 320 g/mol. The van der Waals surface area contributed by atoms with Crippen molar-refractivity contribution in [1.82, 2.24) is 9.80 Å². The van der Waals surface area contributed by atoms with Crippen LogP contribution in [0, 0.1) is 5.82 Å². The Bertz CT molecular complexity index is 540. The van der Waals surface area contributed by atoms with E-state index >= 15 is 0 Å². The van der Waals surface area contributed by atoms with Gasteiger partial charge in [-0.25, -0.2) is 4.39 Å². The first-order valence-corrected chi connectivity index (χ1v) is 7.99. The molecular formula is C18H25FN2O2. The normalized spacial score (nSPS) is 21.5. The van der Waals surface area contributed by atoms with E-state index in [-0.39, 0.29) is 30.5 Å². The first kappa shape index (κ1) is 17.6. The number of halogens is 1. The average Bonchev–Trinajstić information content (AvgIpc) is 2.48. The summed E-state index contributed by atoms with van der Waals surface area (Å²) in [6.45, 7) is 10.0. The molecule has 126 valence electrons. The number of amides is 1. The minimum Gasteiger partial charge on any atom is -0.372 e. The molecule has 2 unspecified atom stereocenters. The molecule has 1 heterocycles. The van der Waals surface area contributed by atoms with Crippen LogP contribution in [0.1, 0.15) is 19.4 Å². The predicted octanol–water partition coefficient (Wildman–Crippen LogP) is 2.45. The first-order valence-electron chi connectivity index (χ1n) is 7.99. The van der Waals surface area contributed by atoms with Crippen LogP contribution in [-0.4, -0.2) is 54.1 Å². The molecule has 23 heavy (non-hydrogen) atoms. The number of hydrogen-bond acceptors (Lipinski definition) is 3. The highest BCUT2D eigenvalue weighted by Gasteiger charge is 2.26. The molecule has 0 saturated carbocycles. The summed E-state index contributed by atoms with van der Waals surface area (Å²) in [4.78, 5) is 16.3. The fraction of sp³-hybridized carbons (Fsp3) is 0.500. The van der Waals surface area contributed by atoms with Crippen molar-refractivity contribution in [3.8, 4) is 0 Å². The molecule has 1 aromatic carbocycles. The van der Waals surface area contributed by atoms with Gasteiger partial charge in [0.15, 0.2) is 0 Å². The van der Waals surface area contributed by atoms with Crippen LogP contribution in [0.15, 0.2) is 36.9 Å². The molecule has 4 nitrogen and oxygen atoms in total. The van der Waals surface area contributed by atoms with E-state index in [2.05, 4.69) is 6.58 Å². The van der Waals surface area contributed by atoms with Crippen LogP contribution in [0.4, 0.5) is 4.39 Å². The van der Waals surface area contributed by atoms with Gasteiger partial charge in [-0.3, -0.25) is 9.69 Å². The van der Waals surface area contributed by atoms with Gasteiger partial charge >= 0.3 is 0 Å². The Kier molecular flexibility index (Phi) is 6.30. The maximum atomic E-state index is 13.8. The third-order valence-electron chi connectivity index (χ3n) is 3.87. The zero-order valence-corrected chi connectivity index (χ0v) is 13.9. The summed E-state index contributed by atoms with van der Waals surface area (Å²) in [5, 5.41) is 0. The van der Waals surface area contributed by atoms with Crippen LogP contribution >= 0.6 is 0 Å². The lowest BCUT2D eigenvalue weighted by molar-refractivity contribution is -0.144. The second-order valence-electron chi connectivity index (χ2n) is 6.11. The van der Waals surface area contributed by atoms with E-state index in [1.54, 1.807) is 24.3 Å². The monoisotopic (exact) mass is 320 g/mol. The number of morpholine rings is 1. The standard InChI is InChI=1S/C18H25FN2O2/c1-4-9-20(12-16-7-5-6-8-17(16)19)13-18(22)21-10-14(2)23-15(3)11-21/h4-8,14-15H,1,9-13H2,2-3H3. The summed E-state index contributed by atoms with van der Waals surface area (Å²) in [5.74, 6) is -0.201. The van der Waals surface area contributed by atoms with Gasteiger partial charge < -0.3 is 9.64 Å². The number of hydrogen-bond donors (Lipinski definition) is 0. The Hall–Kier alpha value is -1.72. The van der Waals surface area contributed by atoms with E-state index in [1.165, 1.54) is 6.07 Å². The third kappa shape index (κ3) is 5.15. The molecule has 2 atom stereocenters. The van der Waals surface area contributed by atoms with Crippen LogP contribution in [0.25, 0.3) is 0 Å². The fourth-order valence-corrected chi connectivity index (χ4v) is 2.91. The van der Waals surface area contributed by atoms with E-state index in [0.29, 0.717) is 31.7 Å². The van der Waals surface area contributed by atoms with Gasteiger partial charge in [-0.1, -0.05) is 24.3 Å². The van der Waals surface area contributed by atoms with Gasteiger partial charge in [0.1, 0.15) is 5.82 Å². The second kappa shape index (κ2) is 8.22. The van der Waals surface area contributed by atoms with Crippen molar-refractivity contribution in [3.63, 3.8) is 0 Å². The molecule has 1 saturated heterocycles. The van der Waals surface area contributed by atoms with E-state index in [1.807, 2.05) is 23.6 Å². The molecule has 1 aliphatic rings. The minimum atomic E-state index is -0.248. The van der Waals surface area contributed by atoms with Crippen LogP contribution in [0.5, 0.6) is 0 Å². The van der Waals surface area contributed by atoms with Gasteiger partial charge in [0, 0.05) is 31.7 Å². The Labute approximate surface area is 137 Å². The van der Waals surface area contributed by atoms with Crippen LogP contribution in [-0.2, 0) is 16.1 Å². The zero-order valence-electron chi connectivity index (χ0n) is 13.9. The molecule has 2 rings (SSSR count). The fourth-order valence-electron chi connectivity index (χ4n) is 2.91. The molecule has 0 bridgehead atoms. The highest BCUT2D eigenvalue weighted by Crippen LogP contribution is 2.13. The number of benzene rings is 1. The molecule has 0 N–H and O–H groups in total. The topological polar surface area (TPSA) is 32.8 Å². The van der Waals surface area contributed by atoms with E-state index in [0.717, 1.165) is 0 Å². The van der Waals surface area contributed by atoms with Crippen LogP contribution in [0.2, 0.25) is 0 Å². The van der Waals surface area contributed by atoms with Crippen molar-refractivity contribution >= 4 is 5.91 Å². The lowest BCUT2D eigenvalue weighted by atomic mass is 10.2. The van der Waals surface area contributed by atoms with Crippen molar-refractivity contribution in [2.45, 2.75) is 32.6 Å². The minimum absolute atomic E-state index is 0.0436. The van der Waals surface area contributed by atoms with Crippen LogP contribution < -0.4 is 0 Å². The third-order valence-corrected chi connectivity index (χ3v) is 3.87. The van der Waals surface area contributed by atoms with Crippen molar-refractivity contribution in [2.75, 3.05) is 26.2 Å². The maximum Gasteiger partial charge on any atom is 0.236 e. The zero-order chi connectivity index (χ0) is 16.8. The molecule has 1 amide bonds. The summed E-state index contributed by atoms with van der Waals surface area (Å²) in [6.07, 6.45) is 1.82. The Balaban J connectivity index is 1.99.